The van der Waals surface area contributed by atoms with Gasteiger partial charge in [0.2, 0.25) is 0 Å². The number of nitrogens with zero attached hydrogens (tertiary/aromatic N) is 1. The molecule has 25 heavy (non-hydrogen) atoms. The summed E-state index contributed by atoms with van der Waals surface area (Å²) in [5.74, 6) is 0.831. The molecule has 0 aliphatic carbocycles. The molecular formula is C19H13NO4S. The number of methoxy groups -OCH3 is 1. The Hall–Kier alpha value is -3.12. The summed E-state index contributed by atoms with van der Waals surface area (Å²) < 4.78 is 10.5. The minimum Gasteiger partial charge on any atom is -0.508 e. The maximum absolute atomic E-state index is 12.3. The zero-order valence-electron chi connectivity index (χ0n) is 13.2. The van der Waals surface area contributed by atoms with Crippen molar-refractivity contribution in [1.82, 2.24) is 4.98 Å². The maximum atomic E-state index is 12.3. The molecule has 2 aromatic heterocycles. The first kappa shape index (κ1) is 15.4. The molecule has 0 amide bonds. The molecule has 0 radical (unpaired) electrons. The van der Waals surface area contributed by atoms with Crippen LogP contribution in [0.5, 0.6) is 11.5 Å². The highest BCUT2D eigenvalue weighted by Crippen LogP contribution is 2.30. The third-order valence-corrected chi connectivity index (χ3v) is 4.73. The minimum absolute atomic E-state index is 0.0545. The van der Waals surface area contributed by atoms with Crippen LogP contribution in [0, 0.1) is 0 Å². The number of benzene rings is 2. The molecule has 0 saturated carbocycles. The van der Waals surface area contributed by atoms with Crippen molar-refractivity contribution < 1.29 is 14.3 Å². The number of aromatic hydroxyl groups is 1. The predicted molar refractivity (Wildman–Crippen MR) is 97.2 cm³/mol. The Labute approximate surface area is 146 Å². The van der Waals surface area contributed by atoms with Crippen LogP contribution in [0.2, 0.25) is 0 Å². The van der Waals surface area contributed by atoms with E-state index in [4.69, 9.17) is 9.15 Å². The summed E-state index contributed by atoms with van der Waals surface area (Å²) in [4.78, 5) is 16.8. The summed E-state index contributed by atoms with van der Waals surface area (Å²) in [5, 5.41) is 12.9. The van der Waals surface area contributed by atoms with Crippen molar-refractivity contribution in [1.29, 1.82) is 0 Å². The van der Waals surface area contributed by atoms with Crippen LogP contribution in [0.1, 0.15) is 0 Å². The van der Waals surface area contributed by atoms with Crippen LogP contribution in [-0.2, 0) is 0 Å². The summed E-state index contributed by atoms with van der Waals surface area (Å²) in [5.41, 5.74) is 1.78. The molecule has 0 fully saturated rings. The third kappa shape index (κ3) is 2.88. The molecule has 6 heteroatoms. The molecule has 5 nitrogen and oxygen atoms in total. The van der Waals surface area contributed by atoms with E-state index >= 15 is 0 Å². The van der Waals surface area contributed by atoms with Gasteiger partial charge >= 0.3 is 5.63 Å². The van der Waals surface area contributed by atoms with E-state index in [9.17, 15) is 9.90 Å². The average Bonchev–Trinajstić information content (AvgIpc) is 3.11. The largest absolute Gasteiger partial charge is 0.508 e. The molecule has 0 bridgehead atoms. The summed E-state index contributed by atoms with van der Waals surface area (Å²) in [6.07, 6.45) is 0. The van der Waals surface area contributed by atoms with E-state index in [1.807, 2.05) is 29.6 Å². The molecule has 0 spiro atoms. The van der Waals surface area contributed by atoms with Crippen LogP contribution in [0.3, 0.4) is 0 Å². The van der Waals surface area contributed by atoms with Gasteiger partial charge in [-0.2, -0.15) is 0 Å². The van der Waals surface area contributed by atoms with Crippen molar-refractivity contribution in [3.63, 3.8) is 0 Å². The summed E-state index contributed by atoms with van der Waals surface area (Å²) in [6, 6.07) is 14.0. The number of hydrogen-bond donors (Lipinski definition) is 1. The second kappa shape index (κ2) is 6.07. The van der Waals surface area contributed by atoms with Gasteiger partial charge < -0.3 is 14.3 Å². The van der Waals surface area contributed by atoms with E-state index in [0.717, 1.165) is 21.7 Å². The first-order valence-electron chi connectivity index (χ1n) is 7.51. The van der Waals surface area contributed by atoms with E-state index in [1.54, 1.807) is 25.3 Å². The smallest absolute Gasteiger partial charge is 0.345 e. The van der Waals surface area contributed by atoms with Gasteiger partial charge in [0, 0.05) is 22.4 Å². The normalized spacial score (nSPS) is 10.9. The van der Waals surface area contributed by atoms with E-state index in [0.29, 0.717) is 16.8 Å². The zero-order chi connectivity index (χ0) is 17.4. The van der Waals surface area contributed by atoms with Crippen molar-refractivity contribution in [2.75, 3.05) is 7.11 Å². The Morgan fingerprint density at radius 1 is 1.12 bits per heavy atom. The van der Waals surface area contributed by atoms with E-state index in [-0.39, 0.29) is 5.75 Å². The third-order valence-electron chi connectivity index (χ3n) is 3.84. The molecule has 4 rings (SSSR count). The van der Waals surface area contributed by atoms with Crippen LogP contribution in [0.4, 0.5) is 0 Å². The standard InChI is InChI=1S/C19H13NO4S/c1-23-14-6-3-11(4-7-14)18-20-16(10-25-18)15-8-12-2-5-13(21)9-17(12)24-19(15)22/h2-10,21H,1H3. The van der Waals surface area contributed by atoms with Crippen molar-refractivity contribution in [2.45, 2.75) is 0 Å². The first-order chi connectivity index (χ1) is 12.1. The molecule has 4 aromatic rings. The molecule has 124 valence electrons. The lowest BCUT2D eigenvalue weighted by Gasteiger charge is -2.01. The first-order valence-corrected chi connectivity index (χ1v) is 8.39. The van der Waals surface area contributed by atoms with Gasteiger partial charge in [0.05, 0.1) is 18.4 Å². The highest BCUT2D eigenvalue weighted by atomic mass is 32.1. The molecule has 2 heterocycles. The van der Waals surface area contributed by atoms with Crippen molar-refractivity contribution in [3.8, 4) is 33.3 Å². The van der Waals surface area contributed by atoms with E-state index in [1.165, 1.54) is 17.4 Å². The lowest BCUT2D eigenvalue weighted by atomic mass is 10.1. The quantitative estimate of drug-likeness (QED) is 0.557. The summed E-state index contributed by atoms with van der Waals surface area (Å²) in [7, 11) is 1.62. The van der Waals surface area contributed by atoms with Crippen LogP contribution in [0.15, 0.2) is 63.1 Å². The Balaban J connectivity index is 1.76. The van der Waals surface area contributed by atoms with Gasteiger partial charge in [-0.1, -0.05) is 0 Å². The fourth-order valence-electron chi connectivity index (χ4n) is 2.54. The van der Waals surface area contributed by atoms with Crippen molar-refractivity contribution in [2.24, 2.45) is 0 Å². The van der Waals surface area contributed by atoms with Crippen molar-refractivity contribution in [3.05, 3.63) is 64.3 Å². The lowest BCUT2D eigenvalue weighted by Crippen LogP contribution is -2.02. The van der Waals surface area contributed by atoms with Gasteiger partial charge in [-0.15, -0.1) is 11.3 Å². The molecule has 0 atom stereocenters. The number of hydrogen-bond acceptors (Lipinski definition) is 6. The number of phenolic OH excluding ortho intramolecular Hbond substituents is 1. The SMILES string of the molecule is COc1ccc(-c2nc(-c3cc4ccc(O)cc4oc3=O)cs2)cc1. The van der Waals surface area contributed by atoms with Crippen LogP contribution >= 0.6 is 11.3 Å². The molecule has 0 aliphatic heterocycles. The highest BCUT2D eigenvalue weighted by molar-refractivity contribution is 7.13. The Kier molecular flexibility index (Phi) is 3.74. The predicted octanol–water partition coefficient (Wildman–Crippen LogP) is 4.30. The second-order valence-corrected chi connectivity index (χ2v) is 6.29. The van der Waals surface area contributed by atoms with Crippen LogP contribution in [0.25, 0.3) is 32.8 Å². The molecular weight excluding hydrogens is 338 g/mol. The molecule has 2 aromatic carbocycles. The Morgan fingerprint density at radius 3 is 2.68 bits per heavy atom. The molecule has 0 aliphatic rings. The summed E-state index contributed by atoms with van der Waals surface area (Å²) >= 11 is 1.46. The van der Waals surface area contributed by atoms with E-state index < -0.39 is 5.63 Å². The number of phenols is 1. The van der Waals surface area contributed by atoms with Crippen molar-refractivity contribution >= 4 is 22.3 Å². The number of ether oxygens (including phenoxy) is 1. The number of rotatable bonds is 3. The topological polar surface area (TPSA) is 72.6 Å². The maximum Gasteiger partial charge on any atom is 0.345 e. The van der Waals surface area contributed by atoms with Gasteiger partial charge in [-0.3, -0.25) is 0 Å². The molecule has 1 N–H and O–H groups in total. The van der Waals surface area contributed by atoms with Crippen LogP contribution in [-0.4, -0.2) is 17.2 Å². The van der Waals surface area contributed by atoms with Gasteiger partial charge in [-0.25, -0.2) is 9.78 Å². The van der Waals surface area contributed by atoms with Gasteiger partial charge in [0.15, 0.2) is 0 Å². The van der Waals surface area contributed by atoms with Gasteiger partial charge in [0.1, 0.15) is 22.1 Å². The number of thiazole rings is 1. The minimum atomic E-state index is -0.482. The van der Waals surface area contributed by atoms with Gasteiger partial charge in [-0.05, 0) is 42.5 Å². The average molecular weight is 351 g/mol. The monoisotopic (exact) mass is 351 g/mol. The molecule has 0 saturated heterocycles. The second-order valence-electron chi connectivity index (χ2n) is 5.44. The number of aromatic nitrogens is 1. The zero-order valence-corrected chi connectivity index (χ0v) is 14.0. The fourth-order valence-corrected chi connectivity index (χ4v) is 3.37. The Bertz CT molecular complexity index is 1110. The lowest BCUT2D eigenvalue weighted by molar-refractivity contribution is 0.415. The summed E-state index contributed by atoms with van der Waals surface area (Å²) in [6.45, 7) is 0. The van der Waals surface area contributed by atoms with Crippen LogP contribution < -0.4 is 10.4 Å². The van der Waals surface area contributed by atoms with Gasteiger partial charge in [0.25, 0.3) is 0 Å². The number of fused-ring (bicyclic) bond motifs is 1. The van der Waals surface area contributed by atoms with E-state index in [2.05, 4.69) is 4.98 Å². The fraction of sp³-hybridized carbons (Fsp3) is 0.0526. The Morgan fingerprint density at radius 2 is 1.92 bits per heavy atom. The highest BCUT2D eigenvalue weighted by Gasteiger charge is 2.13. The molecule has 0 unspecified atom stereocenters.